The van der Waals surface area contributed by atoms with Crippen LogP contribution < -0.4 is 14.8 Å². The molecular formula is C21H32N2O4. The topological polar surface area (TPSA) is 71.0 Å². The van der Waals surface area contributed by atoms with Crippen molar-refractivity contribution >= 4 is 5.91 Å². The number of carbonyl (C=O) groups is 1. The summed E-state index contributed by atoms with van der Waals surface area (Å²) >= 11 is 0. The van der Waals surface area contributed by atoms with Gasteiger partial charge in [-0.2, -0.15) is 0 Å². The maximum atomic E-state index is 12.7. The number of aromatic hydroxyl groups is 1. The summed E-state index contributed by atoms with van der Waals surface area (Å²) in [5.41, 5.74) is 0.966. The van der Waals surface area contributed by atoms with Gasteiger partial charge in [-0.1, -0.05) is 19.3 Å². The maximum Gasteiger partial charge on any atom is 0.237 e. The van der Waals surface area contributed by atoms with Crippen molar-refractivity contribution in [1.29, 1.82) is 0 Å². The zero-order chi connectivity index (χ0) is 19.2. The van der Waals surface area contributed by atoms with Crippen molar-refractivity contribution in [2.75, 3.05) is 27.3 Å². The fourth-order valence-electron chi connectivity index (χ4n) is 4.34. The first-order chi connectivity index (χ1) is 13.1. The Labute approximate surface area is 161 Å². The first kappa shape index (κ1) is 19.8. The van der Waals surface area contributed by atoms with E-state index < -0.39 is 0 Å². The van der Waals surface area contributed by atoms with E-state index in [-0.39, 0.29) is 17.7 Å². The van der Waals surface area contributed by atoms with Crippen molar-refractivity contribution < 1.29 is 19.4 Å². The fraction of sp³-hybridized carbons (Fsp3) is 0.667. The van der Waals surface area contributed by atoms with E-state index in [4.69, 9.17) is 9.47 Å². The number of nitrogens with one attached hydrogen (secondary N) is 1. The molecule has 0 spiro atoms. The smallest absolute Gasteiger partial charge is 0.237 e. The third-order valence-electron chi connectivity index (χ3n) is 5.88. The lowest BCUT2D eigenvalue weighted by Gasteiger charge is -2.26. The van der Waals surface area contributed by atoms with E-state index in [9.17, 15) is 9.90 Å². The Morgan fingerprint density at radius 2 is 1.78 bits per heavy atom. The number of rotatable bonds is 7. The van der Waals surface area contributed by atoms with Gasteiger partial charge in [0.25, 0.3) is 0 Å². The largest absolute Gasteiger partial charge is 0.502 e. The molecule has 1 aliphatic carbocycles. The molecule has 1 saturated heterocycles. The van der Waals surface area contributed by atoms with Crippen LogP contribution in [-0.4, -0.2) is 49.3 Å². The van der Waals surface area contributed by atoms with Crippen molar-refractivity contribution in [2.24, 2.45) is 5.92 Å². The molecule has 1 aromatic carbocycles. The SMILES string of the molecule is COc1cc(CN2CCC[C@H]2C(=O)NCC2CCCCC2)cc(OC)c1O. The lowest BCUT2D eigenvalue weighted by Crippen LogP contribution is -2.44. The molecule has 1 atom stereocenters. The Bertz CT molecular complexity index is 618. The molecule has 1 heterocycles. The summed E-state index contributed by atoms with van der Waals surface area (Å²) in [6, 6.07) is 3.54. The second-order valence-electron chi connectivity index (χ2n) is 7.73. The molecule has 1 amide bonds. The van der Waals surface area contributed by atoms with Gasteiger partial charge in [0, 0.05) is 13.1 Å². The molecule has 3 rings (SSSR count). The molecule has 6 heteroatoms. The minimum atomic E-state index is -0.0839. The van der Waals surface area contributed by atoms with Crippen LogP contribution >= 0.6 is 0 Å². The van der Waals surface area contributed by atoms with E-state index in [1.54, 1.807) is 0 Å². The van der Waals surface area contributed by atoms with Crippen LogP contribution in [0.5, 0.6) is 17.2 Å². The zero-order valence-corrected chi connectivity index (χ0v) is 16.5. The molecule has 2 N–H and O–H groups in total. The van der Waals surface area contributed by atoms with Crippen molar-refractivity contribution in [2.45, 2.75) is 57.5 Å². The predicted molar refractivity (Wildman–Crippen MR) is 104 cm³/mol. The highest BCUT2D eigenvalue weighted by Gasteiger charge is 2.31. The minimum absolute atomic E-state index is 0.00643. The van der Waals surface area contributed by atoms with Gasteiger partial charge < -0.3 is 19.9 Å². The number of phenolic OH excluding ortho intramolecular Hbond substituents is 1. The number of methoxy groups -OCH3 is 2. The molecule has 150 valence electrons. The number of nitrogens with zero attached hydrogens (tertiary/aromatic N) is 1. The van der Waals surface area contributed by atoms with Crippen molar-refractivity contribution in [3.05, 3.63) is 17.7 Å². The number of hydrogen-bond acceptors (Lipinski definition) is 5. The normalized spacial score (nSPS) is 21.2. The maximum absolute atomic E-state index is 12.7. The monoisotopic (exact) mass is 376 g/mol. The third kappa shape index (κ3) is 4.86. The van der Waals surface area contributed by atoms with E-state index in [0.717, 1.165) is 31.5 Å². The van der Waals surface area contributed by atoms with Crippen molar-refractivity contribution in [3.63, 3.8) is 0 Å². The molecule has 1 aliphatic heterocycles. The highest BCUT2D eigenvalue weighted by atomic mass is 16.5. The number of amides is 1. The lowest BCUT2D eigenvalue weighted by atomic mass is 9.89. The highest BCUT2D eigenvalue weighted by molar-refractivity contribution is 5.82. The molecule has 0 aromatic heterocycles. The molecular weight excluding hydrogens is 344 g/mol. The van der Waals surface area contributed by atoms with E-state index in [0.29, 0.717) is 24.0 Å². The second-order valence-corrected chi connectivity index (χ2v) is 7.73. The van der Waals surface area contributed by atoms with Crippen LogP contribution in [0.15, 0.2) is 12.1 Å². The summed E-state index contributed by atoms with van der Waals surface area (Å²) in [7, 11) is 3.05. The van der Waals surface area contributed by atoms with Crippen LogP contribution in [0.25, 0.3) is 0 Å². The summed E-state index contributed by atoms with van der Waals surface area (Å²) in [4.78, 5) is 15.0. The number of ether oxygens (including phenoxy) is 2. The number of carbonyl (C=O) groups excluding carboxylic acids is 1. The molecule has 0 bridgehead atoms. The summed E-state index contributed by atoms with van der Waals surface area (Å²) in [6.45, 7) is 2.34. The van der Waals surface area contributed by atoms with Gasteiger partial charge >= 0.3 is 0 Å². The Hall–Kier alpha value is -1.95. The van der Waals surface area contributed by atoms with Crippen LogP contribution in [0.3, 0.4) is 0 Å². The number of phenols is 1. The van der Waals surface area contributed by atoms with Crippen molar-refractivity contribution in [3.8, 4) is 17.2 Å². The van der Waals surface area contributed by atoms with Crippen LogP contribution in [0.4, 0.5) is 0 Å². The summed E-state index contributed by atoms with van der Waals surface area (Å²) in [6.07, 6.45) is 8.31. The molecule has 27 heavy (non-hydrogen) atoms. The van der Waals surface area contributed by atoms with E-state index in [2.05, 4.69) is 10.2 Å². The van der Waals surface area contributed by atoms with Gasteiger partial charge in [-0.3, -0.25) is 9.69 Å². The summed E-state index contributed by atoms with van der Waals surface area (Å²) in [5, 5.41) is 13.3. The molecule has 1 saturated carbocycles. The van der Waals surface area contributed by atoms with Gasteiger partial charge in [-0.25, -0.2) is 0 Å². The molecule has 1 aromatic rings. The van der Waals surface area contributed by atoms with Crippen molar-refractivity contribution in [1.82, 2.24) is 10.2 Å². The van der Waals surface area contributed by atoms with E-state index in [1.807, 2.05) is 12.1 Å². The molecule has 6 nitrogen and oxygen atoms in total. The second kappa shape index (κ2) is 9.31. The van der Waals surface area contributed by atoms with E-state index >= 15 is 0 Å². The van der Waals surface area contributed by atoms with Crippen LogP contribution in [0.1, 0.15) is 50.5 Å². The first-order valence-corrected chi connectivity index (χ1v) is 10.1. The highest BCUT2D eigenvalue weighted by Crippen LogP contribution is 2.37. The molecule has 2 fully saturated rings. The van der Waals surface area contributed by atoms with Crippen LogP contribution in [-0.2, 0) is 11.3 Å². The zero-order valence-electron chi connectivity index (χ0n) is 16.5. The van der Waals surface area contributed by atoms with Gasteiger partial charge in [0.1, 0.15) is 0 Å². The number of hydrogen-bond donors (Lipinski definition) is 2. The Morgan fingerprint density at radius 1 is 1.11 bits per heavy atom. The first-order valence-electron chi connectivity index (χ1n) is 10.1. The average Bonchev–Trinajstić information content (AvgIpc) is 3.16. The predicted octanol–water partition coefficient (Wildman–Crippen LogP) is 3.07. The quantitative estimate of drug-likeness (QED) is 0.765. The Kier molecular flexibility index (Phi) is 6.83. The van der Waals surface area contributed by atoms with Gasteiger partial charge in [-0.15, -0.1) is 0 Å². The lowest BCUT2D eigenvalue weighted by molar-refractivity contribution is -0.125. The number of likely N-dealkylation sites (tertiary alicyclic amines) is 1. The average molecular weight is 376 g/mol. The number of benzene rings is 1. The fourth-order valence-corrected chi connectivity index (χ4v) is 4.34. The summed E-state index contributed by atoms with van der Waals surface area (Å²) in [5.74, 6) is 1.58. The Morgan fingerprint density at radius 3 is 2.41 bits per heavy atom. The van der Waals surface area contributed by atoms with Gasteiger partial charge in [0.05, 0.1) is 20.3 Å². The standard InChI is InChI=1S/C21H32N2O4/c1-26-18-11-16(12-19(27-2)20(18)24)14-23-10-6-9-17(23)21(25)22-13-15-7-4-3-5-8-15/h11-12,15,17,24H,3-10,13-14H2,1-2H3,(H,22,25)/t17-/m0/s1. The molecule has 2 aliphatic rings. The third-order valence-corrected chi connectivity index (χ3v) is 5.88. The molecule has 0 unspecified atom stereocenters. The molecule has 0 radical (unpaired) electrons. The Balaban J connectivity index is 1.61. The van der Waals surface area contributed by atoms with Gasteiger partial charge in [-0.05, 0) is 55.8 Å². The van der Waals surface area contributed by atoms with Crippen LogP contribution in [0.2, 0.25) is 0 Å². The minimum Gasteiger partial charge on any atom is -0.502 e. The van der Waals surface area contributed by atoms with Crippen LogP contribution in [0, 0.1) is 5.92 Å². The van der Waals surface area contributed by atoms with E-state index in [1.165, 1.54) is 46.3 Å². The summed E-state index contributed by atoms with van der Waals surface area (Å²) < 4.78 is 10.5. The van der Waals surface area contributed by atoms with Gasteiger partial charge in [0.15, 0.2) is 11.5 Å². The van der Waals surface area contributed by atoms with Gasteiger partial charge in [0.2, 0.25) is 11.7 Å².